The van der Waals surface area contributed by atoms with Gasteiger partial charge < -0.3 is 5.73 Å². The molecule has 2 rings (SSSR count). The minimum absolute atomic E-state index is 0.354. The van der Waals surface area contributed by atoms with E-state index < -0.39 is 0 Å². The Labute approximate surface area is 130 Å². The Morgan fingerprint density at radius 3 is 2.43 bits per heavy atom. The first kappa shape index (κ1) is 16.5. The van der Waals surface area contributed by atoms with Crippen molar-refractivity contribution in [1.82, 2.24) is 4.90 Å². The summed E-state index contributed by atoms with van der Waals surface area (Å²) in [5, 5.41) is 0. The highest BCUT2D eigenvalue weighted by molar-refractivity contribution is 5.30. The Hall–Kier alpha value is -0.860. The third kappa shape index (κ3) is 3.87. The number of likely N-dealkylation sites (N-methyl/N-ethyl adjacent to an activating group) is 1. The highest BCUT2D eigenvalue weighted by atomic mass is 15.2. The van der Waals surface area contributed by atoms with E-state index in [1.165, 1.54) is 36.8 Å². The summed E-state index contributed by atoms with van der Waals surface area (Å²) in [6.07, 6.45) is 6.34. The van der Waals surface area contributed by atoms with Crippen molar-refractivity contribution in [2.75, 3.05) is 13.6 Å². The van der Waals surface area contributed by atoms with E-state index in [0.29, 0.717) is 24.0 Å². The molecule has 1 fully saturated rings. The molecule has 1 aromatic rings. The SMILES string of the molecule is CCc1ccccc1C(CN)N(C)C1CCC(C)(C)CC1. The molecule has 21 heavy (non-hydrogen) atoms. The van der Waals surface area contributed by atoms with Crippen molar-refractivity contribution in [3.63, 3.8) is 0 Å². The molecule has 0 heterocycles. The zero-order valence-electron chi connectivity index (χ0n) is 14.2. The minimum atomic E-state index is 0.354. The maximum atomic E-state index is 6.15. The molecule has 0 saturated heterocycles. The fourth-order valence-electron chi connectivity index (χ4n) is 3.74. The van der Waals surface area contributed by atoms with Gasteiger partial charge in [0.05, 0.1) is 0 Å². The second-order valence-corrected chi connectivity index (χ2v) is 7.36. The van der Waals surface area contributed by atoms with Crippen LogP contribution in [0.5, 0.6) is 0 Å². The summed E-state index contributed by atoms with van der Waals surface area (Å²) in [6.45, 7) is 7.73. The Kier molecular flexibility index (Phi) is 5.45. The van der Waals surface area contributed by atoms with Crippen molar-refractivity contribution in [2.45, 2.75) is 65.0 Å². The second-order valence-electron chi connectivity index (χ2n) is 7.36. The lowest BCUT2D eigenvalue weighted by molar-refractivity contribution is 0.0963. The predicted molar refractivity (Wildman–Crippen MR) is 91.4 cm³/mol. The zero-order chi connectivity index (χ0) is 15.5. The van der Waals surface area contributed by atoms with Crippen LogP contribution in [0.3, 0.4) is 0 Å². The van der Waals surface area contributed by atoms with Crippen LogP contribution in [0.1, 0.15) is 63.6 Å². The molecule has 118 valence electrons. The summed E-state index contributed by atoms with van der Waals surface area (Å²) in [6, 6.07) is 9.83. The molecular formula is C19H32N2. The van der Waals surface area contributed by atoms with Crippen LogP contribution in [0.25, 0.3) is 0 Å². The standard InChI is InChI=1S/C19H32N2/c1-5-15-8-6-7-9-17(15)18(14-20)21(4)16-10-12-19(2,3)13-11-16/h6-9,16,18H,5,10-14,20H2,1-4H3. The van der Waals surface area contributed by atoms with Crippen LogP contribution in [0.4, 0.5) is 0 Å². The molecule has 2 nitrogen and oxygen atoms in total. The molecule has 2 N–H and O–H groups in total. The maximum absolute atomic E-state index is 6.15. The summed E-state index contributed by atoms with van der Waals surface area (Å²) in [4.78, 5) is 2.55. The predicted octanol–water partition coefficient (Wildman–Crippen LogP) is 4.15. The third-order valence-electron chi connectivity index (χ3n) is 5.39. The molecule has 0 amide bonds. The molecule has 0 aliphatic heterocycles. The van der Waals surface area contributed by atoms with Gasteiger partial charge in [-0.2, -0.15) is 0 Å². The van der Waals surface area contributed by atoms with Crippen LogP contribution in [-0.2, 0) is 6.42 Å². The van der Waals surface area contributed by atoms with Gasteiger partial charge >= 0.3 is 0 Å². The number of benzene rings is 1. The van der Waals surface area contributed by atoms with E-state index in [1.54, 1.807) is 0 Å². The van der Waals surface area contributed by atoms with E-state index in [1.807, 2.05) is 0 Å². The van der Waals surface area contributed by atoms with Gasteiger partial charge in [0.15, 0.2) is 0 Å². The Bertz CT molecular complexity index is 443. The van der Waals surface area contributed by atoms with E-state index >= 15 is 0 Å². The monoisotopic (exact) mass is 288 g/mol. The lowest BCUT2D eigenvalue weighted by atomic mass is 9.75. The Morgan fingerprint density at radius 1 is 1.24 bits per heavy atom. The number of nitrogens with two attached hydrogens (primary N) is 1. The topological polar surface area (TPSA) is 29.3 Å². The average molecular weight is 288 g/mol. The van der Waals surface area contributed by atoms with Crippen LogP contribution in [0, 0.1) is 5.41 Å². The molecule has 0 bridgehead atoms. The van der Waals surface area contributed by atoms with Gasteiger partial charge in [0, 0.05) is 18.6 Å². The summed E-state index contributed by atoms with van der Waals surface area (Å²) in [5.74, 6) is 0. The molecular weight excluding hydrogens is 256 g/mol. The summed E-state index contributed by atoms with van der Waals surface area (Å²) in [5.41, 5.74) is 9.54. The van der Waals surface area contributed by atoms with E-state index in [0.717, 1.165) is 6.42 Å². The largest absolute Gasteiger partial charge is 0.329 e. The normalized spacial score (nSPS) is 20.7. The number of hydrogen-bond donors (Lipinski definition) is 1. The smallest absolute Gasteiger partial charge is 0.0473 e. The van der Waals surface area contributed by atoms with Crippen molar-refractivity contribution in [3.05, 3.63) is 35.4 Å². The summed E-state index contributed by atoms with van der Waals surface area (Å²) >= 11 is 0. The van der Waals surface area contributed by atoms with Crippen LogP contribution in [0.2, 0.25) is 0 Å². The highest BCUT2D eigenvalue weighted by Crippen LogP contribution is 2.38. The zero-order valence-corrected chi connectivity index (χ0v) is 14.2. The van der Waals surface area contributed by atoms with Crippen molar-refractivity contribution in [3.8, 4) is 0 Å². The van der Waals surface area contributed by atoms with E-state index in [4.69, 9.17) is 5.73 Å². The van der Waals surface area contributed by atoms with Crippen LogP contribution >= 0.6 is 0 Å². The first-order chi connectivity index (χ1) is 9.98. The Morgan fingerprint density at radius 2 is 1.86 bits per heavy atom. The second kappa shape index (κ2) is 6.93. The average Bonchev–Trinajstić information content (AvgIpc) is 2.48. The van der Waals surface area contributed by atoms with Crippen LogP contribution in [0.15, 0.2) is 24.3 Å². The number of rotatable bonds is 5. The molecule has 1 saturated carbocycles. The molecule has 1 aliphatic carbocycles. The van der Waals surface area contributed by atoms with Gasteiger partial charge in [-0.05, 0) is 55.7 Å². The number of aryl methyl sites for hydroxylation is 1. The molecule has 1 unspecified atom stereocenters. The van der Waals surface area contributed by atoms with Gasteiger partial charge in [-0.25, -0.2) is 0 Å². The molecule has 2 heteroatoms. The van der Waals surface area contributed by atoms with Gasteiger partial charge in [-0.3, -0.25) is 4.90 Å². The van der Waals surface area contributed by atoms with Gasteiger partial charge in [-0.15, -0.1) is 0 Å². The van der Waals surface area contributed by atoms with Gasteiger partial charge in [0.25, 0.3) is 0 Å². The lowest BCUT2D eigenvalue weighted by Crippen LogP contribution is -2.42. The van der Waals surface area contributed by atoms with Crippen molar-refractivity contribution >= 4 is 0 Å². The number of hydrogen-bond acceptors (Lipinski definition) is 2. The molecule has 0 radical (unpaired) electrons. The number of nitrogens with zero attached hydrogens (tertiary/aromatic N) is 1. The van der Waals surface area contributed by atoms with Crippen molar-refractivity contribution in [1.29, 1.82) is 0 Å². The van der Waals surface area contributed by atoms with E-state index in [-0.39, 0.29) is 0 Å². The molecule has 1 aromatic carbocycles. The first-order valence-corrected chi connectivity index (χ1v) is 8.48. The van der Waals surface area contributed by atoms with Crippen molar-refractivity contribution in [2.24, 2.45) is 11.1 Å². The third-order valence-corrected chi connectivity index (χ3v) is 5.39. The van der Waals surface area contributed by atoms with Gasteiger partial charge in [-0.1, -0.05) is 45.0 Å². The summed E-state index contributed by atoms with van der Waals surface area (Å²) in [7, 11) is 2.27. The quantitative estimate of drug-likeness (QED) is 0.882. The highest BCUT2D eigenvalue weighted by Gasteiger charge is 2.31. The van der Waals surface area contributed by atoms with Gasteiger partial charge in [0.2, 0.25) is 0 Å². The Balaban J connectivity index is 2.14. The fraction of sp³-hybridized carbons (Fsp3) is 0.684. The summed E-state index contributed by atoms with van der Waals surface area (Å²) < 4.78 is 0. The van der Waals surface area contributed by atoms with Crippen LogP contribution < -0.4 is 5.73 Å². The molecule has 0 spiro atoms. The maximum Gasteiger partial charge on any atom is 0.0473 e. The van der Waals surface area contributed by atoms with Crippen LogP contribution in [-0.4, -0.2) is 24.5 Å². The van der Waals surface area contributed by atoms with E-state index in [2.05, 4.69) is 57.0 Å². The lowest BCUT2D eigenvalue weighted by Gasteiger charge is -2.42. The molecule has 0 aromatic heterocycles. The molecule has 1 atom stereocenters. The fourth-order valence-corrected chi connectivity index (χ4v) is 3.74. The van der Waals surface area contributed by atoms with Crippen molar-refractivity contribution < 1.29 is 0 Å². The van der Waals surface area contributed by atoms with E-state index in [9.17, 15) is 0 Å². The van der Waals surface area contributed by atoms with Gasteiger partial charge in [0.1, 0.15) is 0 Å². The molecule has 1 aliphatic rings. The first-order valence-electron chi connectivity index (χ1n) is 8.48. The minimum Gasteiger partial charge on any atom is -0.329 e.